The van der Waals surface area contributed by atoms with Gasteiger partial charge in [-0.05, 0) is 50.9 Å². The highest BCUT2D eigenvalue weighted by molar-refractivity contribution is 6.06. The molecule has 8 heteroatoms. The molecular formula is C27H33ClN2O5. The number of aliphatic hydroxyl groups is 1. The summed E-state index contributed by atoms with van der Waals surface area (Å²) in [5.74, 6) is -0.847. The van der Waals surface area contributed by atoms with Gasteiger partial charge in [0.05, 0.1) is 5.41 Å². The Kier molecular flexibility index (Phi) is 8.36. The van der Waals surface area contributed by atoms with Crippen LogP contribution in [0.25, 0.3) is 0 Å². The first-order valence-corrected chi connectivity index (χ1v) is 11.9. The van der Waals surface area contributed by atoms with E-state index in [2.05, 4.69) is 4.90 Å². The van der Waals surface area contributed by atoms with E-state index in [1.54, 1.807) is 48.5 Å². The van der Waals surface area contributed by atoms with Crippen LogP contribution in [0.4, 0.5) is 0 Å². The minimum atomic E-state index is -1.90. The normalized spacial score (nSPS) is 18.1. The number of carbonyl (C=O) groups excluding carboxylic acids is 3. The quantitative estimate of drug-likeness (QED) is 0.464. The lowest BCUT2D eigenvalue weighted by Gasteiger charge is -2.37. The molecule has 1 spiro atoms. The Morgan fingerprint density at radius 3 is 1.97 bits per heavy atom. The van der Waals surface area contributed by atoms with Gasteiger partial charge in [0, 0.05) is 19.0 Å². The summed E-state index contributed by atoms with van der Waals surface area (Å²) in [4.78, 5) is 41.9. The first-order valence-electron chi connectivity index (χ1n) is 11.9. The summed E-state index contributed by atoms with van der Waals surface area (Å²) in [6.07, 6.45) is 1.52. The molecule has 0 saturated carbocycles. The Bertz CT molecular complexity index is 997. The van der Waals surface area contributed by atoms with Crippen LogP contribution in [-0.2, 0) is 24.7 Å². The molecule has 2 aliphatic rings. The Morgan fingerprint density at radius 1 is 1.00 bits per heavy atom. The predicted octanol–water partition coefficient (Wildman–Crippen LogP) is 3.14. The number of hydrogen-bond donors (Lipinski definition) is 1. The van der Waals surface area contributed by atoms with Crippen LogP contribution in [-0.4, -0.2) is 65.0 Å². The van der Waals surface area contributed by atoms with E-state index in [0.717, 1.165) is 0 Å². The number of piperidine rings is 1. The molecule has 2 saturated heterocycles. The molecule has 2 heterocycles. The van der Waals surface area contributed by atoms with E-state index in [1.807, 2.05) is 26.0 Å². The number of esters is 1. The standard InChI is InChI=1S/C27H32N2O5.ClH/c1-20(2)29-23(30)19-26(24(29)31)13-15-28(16-14-26)17-18-34-25(32)27(33,21-9-5-3-6-10-21)22-11-7-4-8-12-22;/h3-12,20,33H,13-19H2,1-2H3;1H. The van der Waals surface area contributed by atoms with Crippen molar-refractivity contribution in [3.63, 3.8) is 0 Å². The summed E-state index contributed by atoms with van der Waals surface area (Å²) in [5, 5.41) is 11.5. The maximum atomic E-state index is 13.1. The van der Waals surface area contributed by atoms with Crippen molar-refractivity contribution in [2.24, 2.45) is 5.41 Å². The van der Waals surface area contributed by atoms with Crippen molar-refractivity contribution in [1.29, 1.82) is 0 Å². The molecule has 188 valence electrons. The maximum absolute atomic E-state index is 13.1. The van der Waals surface area contributed by atoms with Crippen LogP contribution in [0.5, 0.6) is 0 Å². The van der Waals surface area contributed by atoms with Crippen LogP contribution in [0.15, 0.2) is 60.7 Å². The monoisotopic (exact) mass is 500 g/mol. The number of amides is 2. The van der Waals surface area contributed by atoms with Gasteiger partial charge in [0.25, 0.3) is 0 Å². The molecule has 2 amide bonds. The van der Waals surface area contributed by atoms with Gasteiger partial charge in [-0.2, -0.15) is 0 Å². The lowest BCUT2D eigenvalue weighted by molar-refractivity contribution is -0.162. The van der Waals surface area contributed by atoms with Crippen molar-refractivity contribution in [2.45, 2.75) is 44.8 Å². The second-order valence-corrected chi connectivity index (χ2v) is 9.54. The Hall–Kier alpha value is -2.74. The van der Waals surface area contributed by atoms with Crippen LogP contribution < -0.4 is 0 Å². The van der Waals surface area contributed by atoms with Gasteiger partial charge >= 0.3 is 5.97 Å². The third-order valence-corrected chi connectivity index (χ3v) is 7.08. The molecule has 0 unspecified atom stereocenters. The zero-order valence-corrected chi connectivity index (χ0v) is 21.0. The van der Waals surface area contributed by atoms with Crippen molar-refractivity contribution in [3.05, 3.63) is 71.8 Å². The van der Waals surface area contributed by atoms with Gasteiger partial charge in [0.1, 0.15) is 6.61 Å². The number of ether oxygens (including phenoxy) is 1. The Morgan fingerprint density at radius 2 is 1.51 bits per heavy atom. The molecule has 2 aromatic carbocycles. The number of rotatable bonds is 7. The van der Waals surface area contributed by atoms with Crippen molar-refractivity contribution in [3.8, 4) is 0 Å². The summed E-state index contributed by atoms with van der Waals surface area (Å²) in [7, 11) is 0. The molecule has 2 aliphatic heterocycles. The molecule has 35 heavy (non-hydrogen) atoms. The molecule has 4 rings (SSSR count). The Labute approximate surface area is 212 Å². The Balaban J connectivity index is 0.00000342. The van der Waals surface area contributed by atoms with Crippen molar-refractivity contribution >= 4 is 30.2 Å². The number of halogens is 1. The zero-order valence-electron chi connectivity index (χ0n) is 20.2. The third kappa shape index (κ3) is 5.13. The highest BCUT2D eigenvalue weighted by atomic mass is 35.5. The van der Waals surface area contributed by atoms with Crippen LogP contribution in [0.3, 0.4) is 0 Å². The van der Waals surface area contributed by atoms with E-state index >= 15 is 0 Å². The SMILES string of the molecule is CC(C)N1C(=O)CC2(CCN(CCOC(=O)C(O)(c3ccccc3)c3ccccc3)CC2)C1=O.Cl. The van der Waals surface area contributed by atoms with Gasteiger partial charge in [-0.25, -0.2) is 4.79 Å². The molecule has 2 fully saturated rings. The van der Waals surface area contributed by atoms with Crippen LogP contribution in [0.2, 0.25) is 0 Å². The molecule has 0 aromatic heterocycles. The summed E-state index contributed by atoms with van der Waals surface area (Å²) in [6, 6.07) is 17.5. The van der Waals surface area contributed by atoms with Gasteiger partial charge in [0.2, 0.25) is 17.4 Å². The number of carbonyl (C=O) groups is 3. The van der Waals surface area contributed by atoms with E-state index < -0.39 is 17.0 Å². The summed E-state index contributed by atoms with van der Waals surface area (Å²) < 4.78 is 5.56. The molecule has 0 aliphatic carbocycles. The van der Waals surface area contributed by atoms with Crippen LogP contribution >= 0.6 is 12.4 Å². The fourth-order valence-corrected chi connectivity index (χ4v) is 5.07. The van der Waals surface area contributed by atoms with E-state index in [9.17, 15) is 19.5 Å². The molecule has 0 bridgehead atoms. The van der Waals surface area contributed by atoms with Crippen molar-refractivity contribution < 1.29 is 24.2 Å². The van der Waals surface area contributed by atoms with E-state index in [4.69, 9.17) is 4.74 Å². The molecular weight excluding hydrogens is 468 g/mol. The zero-order chi connectivity index (χ0) is 24.3. The lowest BCUT2D eigenvalue weighted by Crippen LogP contribution is -2.47. The van der Waals surface area contributed by atoms with Gasteiger partial charge < -0.3 is 9.84 Å². The number of imide groups is 1. The van der Waals surface area contributed by atoms with Crippen molar-refractivity contribution in [1.82, 2.24) is 9.80 Å². The second-order valence-electron chi connectivity index (χ2n) is 9.54. The highest BCUT2D eigenvalue weighted by Gasteiger charge is 2.53. The smallest absolute Gasteiger partial charge is 0.347 e. The minimum absolute atomic E-state index is 0. The summed E-state index contributed by atoms with van der Waals surface area (Å²) in [6.45, 7) is 5.67. The van der Waals surface area contributed by atoms with Crippen molar-refractivity contribution in [2.75, 3.05) is 26.2 Å². The largest absolute Gasteiger partial charge is 0.462 e. The van der Waals surface area contributed by atoms with Crippen LogP contribution in [0.1, 0.15) is 44.2 Å². The average molecular weight is 501 g/mol. The summed E-state index contributed by atoms with van der Waals surface area (Å²) in [5.41, 5.74) is -1.59. The fourth-order valence-electron chi connectivity index (χ4n) is 5.07. The summed E-state index contributed by atoms with van der Waals surface area (Å²) >= 11 is 0. The first kappa shape index (κ1) is 26.9. The molecule has 7 nitrogen and oxygen atoms in total. The molecule has 0 atom stereocenters. The lowest BCUT2D eigenvalue weighted by atomic mass is 9.77. The number of nitrogens with zero attached hydrogens (tertiary/aromatic N) is 2. The number of benzene rings is 2. The minimum Gasteiger partial charge on any atom is -0.462 e. The molecule has 1 N–H and O–H groups in total. The molecule has 0 radical (unpaired) electrons. The number of likely N-dealkylation sites (tertiary alicyclic amines) is 2. The second kappa shape index (κ2) is 10.9. The average Bonchev–Trinajstić information content (AvgIpc) is 3.09. The topological polar surface area (TPSA) is 87.2 Å². The maximum Gasteiger partial charge on any atom is 0.347 e. The van der Waals surface area contributed by atoms with Crippen LogP contribution in [0, 0.1) is 5.41 Å². The van der Waals surface area contributed by atoms with E-state index in [-0.39, 0.29) is 43.3 Å². The third-order valence-electron chi connectivity index (χ3n) is 7.08. The predicted molar refractivity (Wildman–Crippen MR) is 134 cm³/mol. The van der Waals surface area contributed by atoms with E-state index in [0.29, 0.717) is 43.6 Å². The van der Waals surface area contributed by atoms with Gasteiger partial charge in [0.15, 0.2) is 0 Å². The first-order chi connectivity index (χ1) is 16.3. The highest BCUT2D eigenvalue weighted by Crippen LogP contribution is 2.42. The number of hydrogen-bond acceptors (Lipinski definition) is 6. The van der Waals surface area contributed by atoms with Gasteiger partial charge in [-0.1, -0.05) is 60.7 Å². The van der Waals surface area contributed by atoms with E-state index in [1.165, 1.54) is 4.90 Å². The van der Waals surface area contributed by atoms with Gasteiger partial charge in [-0.15, -0.1) is 12.4 Å². The van der Waals surface area contributed by atoms with Gasteiger partial charge in [-0.3, -0.25) is 19.4 Å². The fraction of sp³-hybridized carbons (Fsp3) is 0.444. The molecule has 2 aromatic rings.